The van der Waals surface area contributed by atoms with E-state index in [1.165, 1.54) is 5.17 Å². The highest BCUT2D eigenvalue weighted by Crippen LogP contribution is 2.29. The lowest BCUT2D eigenvalue weighted by molar-refractivity contribution is -0.466. The van der Waals surface area contributed by atoms with Gasteiger partial charge in [0.1, 0.15) is 5.75 Å². The van der Waals surface area contributed by atoms with E-state index in [9.17, 15) is 0 Å². The second-order valence-electron chi connectivity index (χ2n) is 3.82. The number of hydrogen-bond donors (Lipinski definition) is 0. The molecule has 0 aliphatic rings. The second kappa shape index (κ2) is 7.81. The molecule has 17 heavy (non-hydrogen) atoms. The van der Waals surface area contributed by atoms with Crippen LogP contribution in [0.5, 0.6) is 5.75 Å². The first-order chi connectivity index (χ1) is 7.56. The Balaban J connectivity index is 0.00000256. The van der Waals surface area contributed by atoms with Gasteiger partial charge in [0.15, 0.2) is 0 Å². The molecule has 0 spiro atoms. The van der Waals surface area contributed by atoms with E-state index in [2.05, 4.69) is 15.5 Å². The summed E-state index contributed by atoms with van der Waals surface area (Å²) in [5.41, 5.74) is 0. The monoisotopic (exact) mass is 366 g/mol. The van der Waals surface area contributed by atoms with Gasteiger partial charge < -0.3 is 28.7 Å². The fraction of sp³-hybridized carbons (Fsp3) is 0.417. The number of halogens is 1. The number of amidine groups is 1. The van der Waals surface area contributed by atoms with Gasteiger partial charge in [0.25, 0.3) is 0 Å². The van der Waals surface area contributed by atoms with Gasteiger partial charge in [0, 0.05) is 11.8 Å². The van der Waals surface area contributed by atoms with Crippen molar-refractivity contribution >= 4 is 16.9 Å². The Morgan fingerprint density at radius 3 is 2.29 bits per heavy atom. The highest BCUT2D eigenvalue weighted by molar-refractivity contribution is 8.13. The summed E-state index contributed by atoms with van der Waals surface area (Å²) < 4.78 is 7.43. The average Bonchev–Trinajstić information content (AvgIpc) is 2.25. The zero-order chi connectivity index (χ0) is 12.1. The van der Waals surface area contributed by atoms with E-state index in [0.29, 0.717) is 0 Å². The molecule has 0 fully saturated rings. The molecular formula is C12H19IN2OS. The fourth-order valence-electron chi connectivity index (χ4n) is 1.38. The van der Waals surface area contributed by atoms with Crippen molar-refractivity contribution in [1.82, 2.24) is 4.90 Å². The largest absolute Gasteiger partial charge is 1.00 e. The van der Waals surface area contributed by atoms with Crippen molar-refractivity contribution in [2.24, 2.45) is 0 Å². The van der Waals surface area contributed by atoms with Gasteiger partial charge in [-0.2, -0.15) is 0 Å². The van der Waals surface area contributed by atoms with Gasteiger partial charge >= 0.3 is 5.17 Å². The van der Waals surface area contributed by atoms with Crippen molar-refractivity contribution in [3.05, 3.63) is 24.3 Å². The summed E-state index contributed by atoms with van der Waals surface area (Å²) >= 11 is 1.70. The Hall–Kier alpha value is -0.430. The van der Waals surface area contributed by atoms with Crippen LogP contribution in [0.25, 0.3) is 0 Å². The Morgan fingerprint density at radius 2 is 1.82 bits per heavy atom. The minimum Gasteiger partial charge on any atom is -1.00 e. The molecule has 0 heterocycles. The highest BCUT2D eigenvalue weighted by atomic mass is 127. The van der Waals surface area contributed by atoms with Crippen LogP contribution in [-0.2, 0) is 0 Å². The molecule has 0 amide bonds. The summed E-state index contributed by atoms with van der Waals surface area (Å²) in [5, 5.41) is 1.17. The third kappa shape index (κ3) is 4.75. The van der Waals surface area contributed by atoms with Gasteiger partial charge in [-0.1, -0.05) is 12.1 Å². The van der Waals surface area contributed by atoms with Crippen molar-refractivity contribution in [1.29, 1.82) is 0 Å². The lowest BCUT2D eigenvalue weighted by Gasteiger charge is -2.12. The summed E-state index contributed by atoms with van der Waals surface area (Å²) in [6.45, 7) is 0. The second-order valence-corrected chi connectivity index (χ2v) is 4.83. The molecule has 0 aromatic heterocycles. The van der Waals surface area contributed by atoms with Crippen LogP contribution in [-0.4, -0.2) is 49.9 Å². The van der Waals surface area contributed by atoms with Crippen LogP contribution in [0.2, 0.25) is 0 Å². The normalized spacial score (nSPS) is 9.24. The third-order valence-electron chi connectivity index (χ3n) is 2.04. The Bertz CT molecular complexity index is 390. The Labute approximate surface area is 125 Å². The van der Waals surface area contributed by atoms with Crippen molar-refractivity contribution in [2.75, 3.05) is 35.3 Å². The lowest BCUT2D eigenvalue weighted by atomic mass is 10.3. The topological polar surface area (TPSA) is 15.5 Å². The summed E-state index contributed by atoms with van der Waals surface area (Å²) in [5.74, 6) is 0.911. The van der Waals surface area contributed by atoms with E-state index in [-0.39, 0.29) is 24.0 Å². The molecule has 0 aliphatic heterocycles. The van der Waals surface area contributed by atoms with E-state index in [0.717, 1.165) is 10.6 Å². The molecule has 3 nitrogen and oxygen atoms in total. The standard InChI is InChI=1S/C12H19N2OS.HI/c1-13(2)12(14(3)4)16-11-9-7-6-8-10(11)15-5;/h6-9H,1-5H3;1H/q+1;/p-1. The number of para-hydroxylation sites is 1. The first-order valence-corrected chi connectivity index (χ1v) is 5.90. The number of hydrogen-bond acceptors (Lipinski definition) is 2. The van der Waals surface area contributed by atoms with E-state index < -0.39 is 0 Å². The maximum atomic E-state index is 5.33. The smallest absolute Gasteiger partial charge is 0.312 e. The van der Waals surface area contributed by atoms with Crippen molar-refractivity contribution in [3.8, 4) is 5.75 Å². The van der Waals surface area contributed by atoms with Crippen LogP contribution in [0.3, 0.4) is 0 Å². The van der Waals surface area contributed by atoms with E-state index in [1.54, 1.807) is 18.9 Å². The van der Waals surface area contributed by atoms with Gasteiger partial charge in [0.2, 0.25) is 0 Å². The predicted molar refractivity (Wildman–Crippen MR) is 69.7 cm³/mol. The zero-order valence-electron chi connectivity index (χ0n) is 10.9. The van der Waals surface area contributed by atoms with Crippen LogP contribution in [0, 0.1) is 0 Å². The number of benzene rings is 1. The molecule has 1 aromatic carbocycles. The number of thioether (sulfide) groups is 1. The summed E-state index contributed by atoms with van der Waals surface area (Å²) in [6.07, 6.45) is 0. The molecule has 0 radical (unpaired) electrons. The van der Waals surface area contributed by atoms with Crippen molar-refractivity contribution in [3.63, 3.8) is 0 Å². The van der Waals surface area contributed by atoms with Gasteiger partial charge in [-0.25, -0.2) is 0 Å². The number of methoxy groups -OCH3 is 1. The first kappa shape index (κ1) is 16.6. The van der Waals surface area contributed by atoms with Crippen LogP contribution in [0.1, 0.15) is 0 Å². The molecular weight excluding hydrogens is 347 g/mol. The number of nitrogens with zero attached hydrogens (tertiary/aromatic N) is 2. The molecule has 0 bridgehead atoms. The summed E-state index contributed by atoms with van der Waals surface area (Å²) in [7, 11) is 9.86. The lowest BCUT2D eigenvalue weighted by Crippen LogP contribution is -3.00. The molecule has 0 N–H and O–H groups in total. The third-order valence-corrected chi connectivity index (χ3v) is 3.51. The minimum atomic E-state index is 0. The molecule has 1 aromatic rings. The van der Waals surface area contributed by atoms with Gasteiger partial charge in [-0.05, 0) is 12.1 Å². The van der Waals surface area contributed by atoms with Gasteiger partial charge in [-0.15, -0.1) is 0 Å². The average molecular weight is 366 g/mol. The molecule has 0 saturated carbocycles. The molecule has 5 heteroatoms. The molecule has 0 saturated heterocycles. The van der Waals surface area contributed by atoms with Gasteiger partial charge in [0.05, 0.1) is 40.2 Å². The van der Waals surface area contributed by atoms with Crippen LogP contribution >= 0.6 is 11.8 Å². The minimum absolute atomic E-state index is 0. The summed E-state index contributed by atoms with van der Waals surface area (Å²) in [6, 6.07) is 8.05. The highest BCUT2D eigenvalue weighted by Gasteiger charge is 2.16. The SMILES string of the molecule is COc1ccccc1SC(N(C)C)=[N+](C)C.[I-]. The summed E-state index contributed by atoms with van der Waals surface area (Å²) in [4.78, 5) is 3.22. The molecule has 0 atom stereocenters. The van der Waals surface area contributed by atoms with Crippen molar-refractivity contribution < 1.29 is 33.3 Å². The van der Waals surface area contributed by atoms with E-state index in [4.69, 9.17) is 4.74 Å². The van der Waals surface area contributed by atoms with Crippen LogP contribution in [0.4, 0.5) is 0 Å². The first-order valence-electron chi connectivity index (χ1n) is 5.08. The van der Waals surface area contributed by atoms with Crippen molar-refractivity contribution in [2.45, 2.75) is 4.90 Å². The van der Waals surface area contributed by atoms with Crippen LogP contribution < -0.4 is 28.7 Å². The quantitative estimate of drug-likeness (QED) is 0.219. The predicted octanol–water partition coefficient (Wildman–Crippen LogP) is -1.02. The van der Waals surface area contributed by atoms with E-state index in [1.807, 2.05) is 46.4 Å². The zero-order valence-corrected chi connectivity index (χ0v) is 13.9. The van der Waals surface area contributed by atoms with Gasteiger partial charge in [-0.3, -0.25) is 9.48 Å². The van der Waals surface area contributed by atoms with E-state index >= 15 is 0 Å². The Morgan fingerprint density at radius 1 is 1.24 bits per heavy atom. The fourth-order valence-corrected chi connectivity index (χ4v) is 2.34. The molecule has 0 unspecified atom stereocenters. The molecule has 1 rings (SSSR count). The number of ether oxygens (including phenoxy) is 1. The number of rotatable bonds is 2. The molecule has 96 valence electrons. The maximum Gasteiger partial charge on any atom is 0.312 e. The maximum absolute atomic E-state index is 5.33. The Kier molecular flexibility index (Phi) is 7.61. The molecule has 0 aliphatic carbocycles. The van der Waals surface area contributed by atoms with Crippen LogP contribution in [0.15, 0.2) is 29.2 Å².